The average Bonchev–Trinajstić information content (AvgIpc) is 2.90. The highest BCUT2D eigenvalue weighted by Gasteiger charge is 2.30. The van der Waals surface area contributed by atoms with Crippen LogP contribution >= 0.6 is 0 Å². The van der Waals surface area contributed by atoms with E-state index in [0.717, 1.165) is 18.4 Å². The highest BCUT2D eigenvalue weighted by Crippen LogP contribution is 2.37. The van der Waals surface area contributed by atoms with Crippen molar-refractivity contribution in [2.45, 2.75) is 25.7 Å². The molecule has 1 unspecified atom stereocenters. The van der Waals surface area contributed by atoms with E-state index >= 15 is 0 Å². The van der Waals surface area contributed by atoms with Gasteiger partial charge in [-0.25, -0.2) is 0 Å². The molecular formula is C18H18O2. The number of methoxy groups -OCH3 is 1. The van der Waals surface area contributed by atoms with Crippen molar-refractivity contribution in [1.82, 2.24) is 0 Å². The summed E-state index contributed by atoms with van der Waals surface area (Å²) < 4.78 is 5.35. The second kappa shape index (κ2) is 5.12. The summed E-state index contributed by atoms with van der Waals surface area (Å²) in [5.74, 6) is 0.822. The number of fused-ring (bicyclic) bond motifs is 1. The Morgan fingerprint density at radius 3 is 2.80 bits per heavy atom. The van der Waals surface area contributed by atoms with Gasteiger partial charge in [-0.1, -0.05) is 35.9 Å². The van der Waals surface area contributed by atoms with Crippen LogP contribution < -0.4 is 4.74 Å². The predicted molar refractivity (Wildman–Crippen MR) is 79.6 cm³/mol. The fourth-order valence-electron chi connectivity index (χ4n) is 3.03. The van der Waals surface area contributed by atoms with E-state index < -0.39 is 0 Å². The second-order valence-corrected chi connectivity index (χ2v) is 5.36. The molecule has 102 valence electrons. The maximum Gasteiger partial charge on any atom is 0.174 e. The van der Waals surface area contributed by atoms with E-state index in [1.165, 1.54) is 11.1 Å². The Morgan fingerprint density at radius 2 is 2.00 bits per heavy atom. The van der Waals surface area contributed by atoms with Crippen molar-refractivity contribution < 1.29 is 9.53 Å². The minimum Gasteiger partial charge on any atom is -0.496 e. The molecule has 1 aliphatic rings. The van der Waals surface area contributed by atoms with Gasteiger partial charge in [0.05, 0.1) is 12.7 Å². The molecule has 1 atom stereocenters. The van der Waals surface area contributed by atoms with Crippen LogP contribution in [0.5, 0.6) is 5.75 Å². The van der Waals surface area contributed by atoms with Gasteiger partial charge in [0.1, 0.15) is 5.75 Å². The smallest absolute Gasteiger partial charge is 0.174 e. The third kappa shape index (κ3) is 2.11. The van der Waals surface area contributed by atoms with Gasteiger partial charge >= 0.3 is 0 Å². The molecule has 20 heavy (non-hydrogen) atoms. The maximum absolute atomic E-state index is 12.9. The van der Waals surface area contributed by atoms with Gasteiger partial charge in [0.25, 0.3) is 0 Å². The molecule has 2 nitrogen and oxygen atoms in total. The number of hydrogen-bond acceptors (Lipinski definition) is 2. The van der Waals surface area contributed by atoms with Gasteiger partial charge in [0.2, 0.25) is 0 Å². The number of rotatable bonds is 3. The molecular weight excluding hydrogens is 248 g/mol. The van der Waals surface area contributed by atoms with Crippen LogP contribution in [-0.4, -0.2) is 12.9 Å². The molecule has 1 aliphatic carbocycles. The molecule has 0 aromatic heterocycles. The fourth-order valence-corrected chi connectivity index (χ4v) is 3.03. The van der Waals surface area contributed by atoms with Crippen LogP contribution in [0.15, 0.2) is 42.5 Å². The molecule has 0 radical (unpaired) electrons. The summed E-state index contributed by atoms with van der Waals surface area (Å²) in [6.45, 7) is 2.00. The Balaban J connectivity index is 2.00. The molecule has 0 heterocycles. The lowest BCUT2D eigenvalue weighted by atomic mass is 9.91. The third-order valence-electron chi connectivity index (χ3n) is 4.07. The van der Waals surface area contributed by atoms with Crippen LogP contribution in [0.1, 0.15) is 39.4 Å². The van der Waals surface area contributed by atoms with E-state index in [0.29, 0.717) is 11.3 Å². The molecule has 0 spiro atoms. The summed E-state index contributed by atoms with van der Waals surface area (Å²) >= 11 is 0. The minimum absolute atomic E-state index is 0.0260. The highest BCUT2D eigenvalue weighted by molar-refractivity contribution is 6.03. The number of carbonyl (C=O) groups is 1. The van der Waals surface area contributed by atoms with Gasteiger partial charge in [-0.15, -0.1) is 0 Å². The molecule has 0 fully saturated rings. The molecule has 2 aromatic carbocycles. The van der Waals surface area contributed by atoms with Crippen LogP contribution in [0.4, 0.5) is 0 Å². The third-order valence-corrected chi connectivity index (χ3v) is 4.07. The summed E-state index contributed by atoms with van der Waals surface area (Å²) in [4.78, 5) is 12.9. The van der Waals surface area contributed by atoms with Crippen molar-refractivity contribution in [3.05, 3.63) is 64.7 Å². The summed E-state index contributed by atoms with van der Waals surface area (Å²) in [6, 6.07) is 14.0. The van der Waals surface area contributed by atoms with Crippen LogP contribution in [0.2, 0.25) is 0 Å². The molecule has 0 aliphatic heterocycles. The second-order valence-electron chi connectivity index (χ2n) is 5.36. The first-order valence-electron chi connectivity index (χ1n) is 6.97. The normalized spacial score (nSPS) is 16.8. The summed E-state index contributed by atoms with van der Waals surface area (Å²) in [6.07, 6.45) is 1.88. The lowest BCUT2D eigenvalue weighted by Gasteiger charge is -2.14. The first kappa shape index (κ1) is 12.9. The molecule has 3 rings (SSSR count). The molecule has 0 amide bonds. The van der Waals surface area contributed by atoms with Crippen molar-refractivity contribution in [2.75, 3.05) is 7.11 Å². The fraction of sp³-hybridized carbons (Fsp3) is 0.278. The lowest BCUT2D eigenvalue weighted by Crippen LogP contribution is -2.11. The Labute approximate surface area is 119 Å². The zero-order chi connectivity index (χ0) is 14.1. The van der Waals surface area contributed by atoms with Gasteiger partial charge in [-0.3, -0.25) is 4.79 Å². The molecule has 0 bridgehead atoms. The van der Waals surface area contributed by atoms with E-state index in [-0.39, 0.29) is 11.7 Å². The van der Waals surface area contributed by atoms with Gasteiger partial charge in [-0.2, -0.15) is 0 Å². The van der Waals surface area contributed by atoms with Crippen molar-refractivity contribution >= 4 is 5.78 Å². The van der Waals surface area contributed by atoms with Crippen LogP contribution in [0.3, 0.4) is 0 Å². The zero-order valence-corrected chi connectivity index (χ0v) is 11.8. The SMILES string of the molecule is COc1ccc(C)cc1C(=O)C1CCc2ccccc21. The van der Waals surface area contributed by atoms with Crippen LogP contribution in [-0.2, 0) is 6.42 Å². The van der Waals surface area contributed by atoms with E-state index in [1.807, 2.05) is 37.3 Å². The number of Topliss-reactive ketones (excluding diaryl/α,β-unsaturated/α-hetero) is 1. The summed E-state index contributed by atoms with van der Waals surface area (Å²) in [5.41, 5.74) is 4.27. The zero-order valence-electron chi connectivity index (χ0n) is 11.8. The quantitative estimate of drug-likeness (QED) is 0.787. The van der Waals surface area contributed by atoms with Crippen molar-refractivity contribution in [1.29, 1.82) is 0 Å². The van der Waals surface area contributed by atoms with Gasteiger partial charge < -0.3 is 4.74 Å². The highest BCUT2D eigenvalue weighted by atomic mass is 16.5. The lowest BCUT2D eigenvalue weighted by molar-refractivity contribution is 0.0956. The van der Waals surface area contributed by atoms with Crippen LogP contribution in [0.25, 0.3) is 0 Å². The molecule has 0 saturated carbocycles. The van der Waals surface area contributed by atoms with Crippen LogP contribution in [0, 0.1) is 6.92 Å². The van der Waals surface area contributed by atoms with Gasteiger partial charge in [-0.05, 0) is 43.0 Å². The van der Waals surface area contributed by atoms with E-state index in [9.17, 15) is 4.79 Å². The number of hydrogen-bond donors (Lipinski definition) is 0. The first-order chi connectivity index (χ1) is 9.70. The van der Waals surface area contributed by atoms with Crippen molar-refractivity contribution in [3.8, 4) is 5.75 Å². The predicted octanol–water partition coefficient (Wildman–Crippen LogP) is 3.92. The Morgan fingerprint density at radius 1 is 1.20 bits per heavy atom. The minimum atomic E-state index is -0.0260. The topological polar surface area (TPSA) is 26.3 Å². The number of ether oxygens (including phenoxy) is 1. The van der Waals surface area contributed by atoms with E-state index in [1.54, 1.807) is 7.11 Å². The maximum atomic E-state index is 12.9. The Bertz CT molecular complexity index is 658. The molecule has 2 aromatic rings. The van der Waals surface area contributed by atoms with E-state index in [4.69, 9.17) is 4.74 Å². The molecule has 0 saturated heterocycles. The Kier molecular flexibility index (Phi) is 3.31. The van der Waals surface area contributed by atoms with Crippen molar-refractivity contribution in [2.24, 2.45) is 0 Å². The van der Waals surface area contributed by atoms with Gasteiger partial charge in [0.15, 0.2) is 5.78 Å². The Hall–Kier alpha value is -2.09. The number of aryl methyl sites for hydroxylation is 2. The number of benzene rings is 2. The molecule has 2 heteroatoms. The average molecular weight is 266 g/mol. The van der Waals surface area contributed by atoms with Crippen molar-refractivity contribution in [3.63, 3.8) is 0 Å². The molecule has 0 N–H and O–H groups in total. The van der Waals surface area contributed by atoms with Gasteiger partial charge in [0, 0.05) is 5.92 Å². The number of ketones is 1. The summed E-state index contributed by atoms with van der Waals surface area (Å²) in [7, 11) is 1.62. The first-order valence-corrected chi connectivity index (χ1v) is 6.97. The van der Waals surface area contributed by atoms with E-state index in [2.05, 4.69) is 12.1 Å². The summed E-state index contributed by atoms with van der Waals surface area (Å²) in [5, 5.41) is 0. The monoisotopic (exact) mass is 266 g/mol. The standard InChI is InChI=1S/C18H18O2/c1-12-7-10-17(20-2)16(11-12)18(19)15-9-8-13-5-3-4-6-14(13)15/h3-7,10-11,15H,8-9H2,1-2H3. The largest absolute Gasteiger partial charge is 0.496 e. The number of carbonyl (C=O) groups excluding carboxylic acids is 1.